The second-order valence-corrected chi connectivity index (χ2v) is 5.66. The predicted molar refractivity (Wildman–Crippen MR) is 84.0 cm³/mol. The number of benzene rings is 1. The van der Waals surface area contributed by atoms with Crippen LogP contribution >= 0.6 is 0 Å². The van der Waals surface area contributed by atoms with Crippen LogP contribution in [0.4, 0.5) is 0 Å². The lowest BCUT2D eigenvalue weighted by Gasteiger charge is -2.19. The molecule has 0 aliphatic carbocycles. The molecule has 0 saturated carbocycles. The third kappa shape index (κ3) is 5.51. The van der Waals surface area contributed by atoms with E-state index in [1.165, 1.54) is 51.7 Å². The lowest BCUT2D eigenvalue weighted by atomic mass is 10.2. The predicted octanol–water partition coefficient (Wildman–Crippen LogP) is 3.18. The summed E-state index contributed by atoms with van der Waals surface area (Å²) in [5.41, 5.74) is 6.73. The van der Waals surface area contributed by atoms with Crippen molar-refractivity contribution in [2.45, 2.75) is 45.1 Å². The second kappa shape index (κ2) is 8.98. The summed E-state index contributed by atoms with van der Waals surface area (Å²) < 4.78 is 5.76. The van der Waals surface area contributed by atoms with Crippen molar-refractivity contribution in [2.24, 2.45) is 5.73 Å². The minimum Gasteiger partial charge on any atom is -0.494 e. The first-order valence-corrected chi connectivity index (χ1v) is 8.02. The van der Waals surface area contributed by atoms with Crippen molar-refractivity contribution in [3.63, 3.8) is 0 Å². The van der Waals surface area contributed by atoms with Gasteiger partial charge in [0.1, 0.15) is 5.75 Å². The van der Waals surface area contributed by atoms with Gasteiger partial charge in [-0.3, -0.25) is 0 Å². The van der Waals surface area contributed by atoms with Gasteiger partial charge in [-0.25, -0.2) is 0 Å². The van der Waals surface area contributed by atoms with Gasteiger partial charge < -0.3 is 15.4 Å². The topological polar surface area (TPSA) is 38.5 Å². The highest BCUT2D eigenvalue weighted by atomic mass is 16.5. The highest BCUT2D eigenvalue weighted by Crippen LogP contribution is 2.13. The molecule has 1 aromatic rings. The summed E-state index contributed by atoms with van der Waals surface area (Å²) >= 11 is 0. The third-order valence-corrected chi connectivity index (χ3v) is 4.00. The van der Waals surface area contributed by atoms with E-state index in [1.54, 1.807) is 0 Å². The zero-order chi connectivity index (χ0) is 14.0. The number of nitrogens with two attached hydrogens (primary N) is 1. The summed E-state index contributed by atoms with van der Waals surface area (Å²) in [5.74, 6) is 0.956. The fourth-order valence-electron chi connectivity index (χ4n) is 2.71. The van der Waals surface area contributed by atoms with E-state index in [-0.39, 0.29) is 0 Å². The molecule has 1 saturated heterocycles. The zero-order valence-corrected chi connectivity index (χ0v) is 12.5. The first kappa shape index (κ1) is 15.3. The van der Waals surface area contributed by atoms with Gasteiger partial charge in [-0.05, 0) is 63.0 Å². The Bertz CT molecular complexity index is 356. The van der Waals surface area contributed by atoms with E-state index in [1.807, 2.05) is 24.3 Å². The minimum absolute atomic E-state index is 0.593. The quantitative estimate of drug-likeness (QED) is 0.777. The van der Waals surface area contributed by atoms with E-state index >= 15 is 0 Å². The van der Waals surface area contributed by atoms with Crippen LogP contribution in [0.25, 0.3) is 0 Å². The SMILES string of the molecule is NCc1ccc(OCCCCN2CCCCCC2)cc1. The van der Waals surface area contributed by atoms with Gasteiger partial charge in [0.15, 0.2) is 0 Å². The van der Waals surface area contributed by atoms with Gasteiger partial charge in [0.2, 0.25) is 0 Å². The molecule has 1 aliphatic rings. The Labute approximate surface area is 123 Å². The summed E-state index contributed by atoms with van der Waals surface area (Å²) in [5, 5.41) is 0. The Morgan fingerprint density at radius 2 is 1.65 bits per heavy atom. The fourth-order valence-corrected chi connectivity index (χ4v) is 2.71. The summed E-state index contributed by atoms with van der Waals surface area (Å²) in [4.78, 5) is 2.61. The summed E-state index contributed by atoms with van der Waals surface area (Å²) in [7, 11) is 0. The fraction of sp³-hybridized carbons (Fsp3) is 0.647. The number of ether oxygens (including phenoxy) is 1. The molecule has 0 radical (unpaired) electrons. The van der Waals surface area contributed by atoms with E-state index in [0.717, 1.165) is 24.3 Å². The van der Waals surface area contributed by atoms with Crippen molar-refractivity contribution in [3.8, 4) is 5.75 Å². The monoisotopic (exact) mass is 276 g/mol. The van der Waals surface area contributed by atoms with Crippen LogP contribution in [-0.2, 0) is 6.54 Å². The van der Waals surface area contributed by atoms with Crippen LogP contribution in [-0.4, -0.2) is 31.1 Å². The van der Waals surface area contributed by atoms with Gasteiger partial charge in [-0.2, -0.15) is 0 Å². The number of likely N-dealkylation sites (tertiary alicyclic amines) is 1. The molecule has 0 atom stereocenters. The van der Waals surface area contributed by atoms with Crippen LogP contribution in [0.3, 0.4) is 0 Å². The van der Waals surface area contributed by atoms with E-state index in [9.17, 15) is 0 Å². The Kier molecular flexibility index (Phi) is 6.89. The van der Waals surface area contributed by atoms with Crippen LogP contribution < -0.4 is 10.5 Å². The standard InChI is InChI=1S/C17H28N2O/c18-15-16-7-9-17(10-8-16)20-14-6-5-13-19-11-3-1-2-4-12-19/h7-10H,1-6,11-15,18H2. The second-order valence-electron chi connectivity index (χ2n) is 5.66. The molecular formula is C17H28N2O. The number of hydrogen-bond donors (Lipinski definition) is 1. The molecule has 1 aromatic carbocycles. The van der Waals surface area contributed by atoms with Gasteiger partial charge >= 0.3 is 0 Å². The molecule has 20 heavy (non-hydrogen) atoms. The van der Waals surface area contributed by atoms with Crippen molar-refractivity contribution in [1.82, 2.24) is 4.90 Å². The maximum atomic E-state index is 5.76. The molecule has 2 rings (SSSR count). The molecule has 3 heteroatoms. The van der Waals surface area contributed by atoms with Crippen molar-refractivity contribution < 1.29 is 4.74 Å². The summed E-state index contributed by atoms with van der Waals surface area (Å²) in [6.07, 6.45) is 7.96. The van der Waals surface area contributed by atoms with E-state index < -0.39 is 0 Å². The molecule has 112 valence electrons. The molecule has 3 nitrogen and oxygen atoms in total. The van der Waals surface area contributed by atoms with Gasteiger partial charge in [0, 0.05) is 6.54 Å². The summed E-state index contributed by atoms with van der Waals surface area (Å²) in [6.45, 7) is 5.23. The molecule has 0 aromatic heterocycles. The molecule has 2 N–H and O–H groups in total. The molecule has 0 amide bonds. The van der Waals surface area contributed by atoms with Crippen LogP contribution in [0.15, 0.2) is 24.3 Å². The first-order valence-electron chi connectivity index (χ1n) is 8.02. The van der Waals surface area contributed by atoms with Crippen molar-refractivity contribution in [3.05, 3.63) is 29.8 Å². The Hall–Kier alpha value is -1.06. The van der Waals surface area contributed by atoms with Crippen LogP contribution in [0.1, 0.15) is 44.1 Å². The third-order valence-electron chi connectivity index (χ3n) is 4.00. The van der Waals surface area contributed by atoms with Crippen LogP contribution in [0.5, 0.6) is 5.75 Å². The number of unbranched alkanes of at least 4 members (excludes halogenated alkanes) is 1. The number of rotatable bonds is 7. The maximum absolute atomic E-state index is 5.76. The van der Waals surface area contributed by atoms with Gasteiger partial charge in [0.05, 0.1) is 6.61 Å². The average molecular weight is 276 g/mol. The van der Waals surface area contributed by atoms with Crippen molar-refractivity contribution >= 4 is 0 Å². The number of hydrogen-bond acceptors (Lipinski definition) is 3. The Balaban J connectivity index is 1.56. The summed E-state index contributed by atoms with van der Waals surface area (Å²) in [6, 6.07) is 8.09. The lowest BCUT2D eigenvalue weighted by Crippen LogP contribution is -2.25. The minimum atomic E-state index is 0.593. The molecule has 0 unspecified atom stereocenters. The Morgan fingerprint density at radius 1 is 0.950 bits per heavy atom. The van der Waals surface area contributed by atoms with Crippen LogP contribution in [0, 0.1) is 0 Å². The largest absolute Gasteiger partial charge is 0.494 e. The molecule has 1 aliphatic heterocycles. The normalized spacial score (nSPS) is 16.9. The molecule has 0 spiro atoms. The first-order chi connectivity index (χ1) is 9.88. The van der Waals surface area contributed by atoms with E-state index in [2.05, 4.69) is 4.90 Å². The molecule has 1 fully saturated rings. The van der Waals surface area contributed by atoms with Gasteiger partial charge in [-0.15, -0.1) is 0 Å². The highest BCUT2D eigenvalue weighted by Gasteiger charge is 2.07. The number of nitrogens with zero attached hydrogens (tertiary/aromatic N) is 1. The smallest absolute Gasteiger partial charge is 0.119 e. The van der Waals surface area contributed by atoms with Crippen LogP contribution in [0.2, 0.25) is 0 Å². The Morgan fingerprint density at radius 3 is 2.30 bits per heavy atom. The molecule has 1 heterocycles. The van der Waals surface area contributed by atoms with Crippen molar-refractivity contribution in [1.29, 1.82) is 0 Å². The van der Waals surface area contributed by atoms with Gasteiger partial charge in [0.25, 0.3) is 0 Å². The molecular weight excluding hydrogens is 248 g/mol. The van der Waals surface area contributed by atoms with Crippen molar-refractivity contribution in [2.75, 3.05) is 26.2 Å². The molecule has 0 bridgehead atoms. The highest BCUT2D eigenvalue weighted by molar-refractivity contribution is 5.26. The van der Waals surface area contributed by atoms with E-state index in [4.69, 9.17) is 10.5 Å². The maximum Gasteiger partial charge on any atom is 0.119 e. The zero-order valence-electron chi connectivity index (χ0n) is 12.5. The average Bonchev–Trinajstić information content (AvgIpc) is 2.76. The van der Waals surface area contributed by atoms with E-state index in [0.29, 0.717) is 6.54 Å². The lowest BCUT2D eigenvalue weighted by molar-refractivity contribution is 0.256. The van der Waals surface area contributed by atoms with Gasteiger partial charge in [-0.1, -0.05) is 25.0 Å².